The molecule has 0 atom stereocenters. The van der Waals surface area contributed by atoms with Gasteiger partial charge >= 0.3 is 22.4 Å². The van der Waals surface area contributed by atoms with E-state index in [4.69, 9.17) is 25.4 Å². The minimum absolute atomic E-state index is 0. The van der Waals surface area contributed by atoms with E-state index < -0.39 is 5.09 Å². The largest absolute Gasteiger partial charge is 1.00 e. The van der Waals surface area contributed by atoms with Crippen LogP contribution < -0.4 is 0 Å². The van der Waals surface area contributed by atoms with E-state index in [9.17, 15) is 0 Å². The summed E-state index contributed by atoms with van der Waals surface area (Å²) in [5, 5.41) is 22.6. The van der Waals surface area contributed by atoms with Crippen LogP contribution >= 0.6 is 0 Å². The Morgan fingerprint density at radius 2 is 1.50 bits per heavy atom. The molecule has 0 aromatic heterocycles. The molecule has 0 aliphatic carbocycles. The zero-order valence-electron chi connectivity index (χ0n) is 3.28. The maximum Gasteiger partial charge on any atom is 1.00 e. The van der Waals surface area contributed by atoms with E-state index in [1.807, 2.05) is 0 Å². The SMILES string of the molecule is O=NO.O=[N+]([O-])[O-].[Ag+]. The van der Waals surface area contributed by atoms with Crippen molar-refractivity contribution in [3.05, 3.63) is 20.2 Å². The molecule has 7 nitrogen and oxygen atoms in total. The van der Waals surface area contributed by atoms with Gasteiger partial charge in [0.05, 0.1) is 5.09 Å². The zero-order chi connectivity index (χ0) is 6.28. The normalized spacial score (nSPS) is 4.50. The summed E-state index contributed by atoms with van der Waals surface area (Å²) in [6.45, 7) is 0. The summed E-state index contributed by atoms with van der Waals surface area (Å²) in [5.41, 5.74) is 0. The van der Waals surface area contributed by atoms with Gasteiger partial charge in [0.25, 0.3) is 0 Å². The molecule has 0 rings (SSSR count). The molecule has 52 valence electrons. The minimum Gasteiger partial charge on any atom is -0.379 e. The summed E-state index contributed by atoms with van der Waals surface area (Å²) < 4.78 is 0. The third-order valence-corrected chi connectivity index (χ3v) is 0. The molecule has 0 aromatic rings. The Bertz CT molecular complexity index is 57.4. The summed E-state index contributed by atoms with van der Waals surface area (Å²) in [5.74, 6) is 0. The molecule has 0 amide bonds. The second-order valence-electron chi connectivity index (χ2n) is 0.305. The van der Waals surface area contributed by atoms with Crippen LogP contribution in [0.25, 0.3) is 0 Å². The van der Waals surface area contributed by atoms with Crippen LogP contribution in [0.2, 0.25) is 0 Å². The maximum absolute atomic E-state index is 8.25. The van der Waals surface area contributed by atoms with Crippen LogP contribution in [0.5, 0.6) is 0 Å². The van der Waals surface area contributed by atoms with Gasteiger partial charge in [0.15, 0.2) is 5.34 Å². The fourth-order valence-corrected chi connectivity index (χ4v) is 0. The first-order chi connectivity index (χ1) is 3.15. The van der Waals surface area contributed by atoms with E-state index >= 15 is 0 Å². The third-order valence-electron chi connectivity index (χ3n) is 0. The molecule has 0 aliphatic heterocycles. The molecule has 0 saturated heterocycles. The Kier molecular flexibility index (Phi) is 31.7. The first-order valence-corrected chi connectivity index (χ1v) is 0.930. The molecule has 0 spiro atoms. The first-order valence-electron chi connectivity index (χ1n) is 0.930. The van der Waals surface area contributed by atoms with Crippen LogP contribution in [0.4, 0.5) is 0 Å². The van der Waals surface area contributed by atoms with Crippen LogP contribution in [0.1, 0.15) is 0 Å². The Morgan fingerprint density at radius 1 is 1.50 bits per heavy atom. The zero-order valence-corrected chi connectivity index (χ0v) is 4.76. The second kappa shape index (κ2) is 16.2. The number of hydrogen-bond donors (Lipinski definition) is 1. The van der Waals surface area contributed by atoms with E-state index in [2.05, 4.69) is 0 Å². The number of nitrogens with zero attached hydrogens (tertiary/aromatic N) is 2. The molecule has 1 N–H and O–H groups in total. The molecule has 8 heteroatoms. The molecular formula is HAgN2O5. The second-order valence-corrected chi connectivity index (χ2v) is 0.305. The van der Waals surface area contributed by atoms with Crippen molar-refractivity contribution >= 4 is 0 Å². The molecular weight excluding hydrogens is 216 g/mol. The van der Waals surface area contributed by atoms with Gasteiger partial charge in [-0.1, -0.05) is 0 Å². The Hall–Kier alpha value is -0.660. The predicted molar refractivity (Wildman–Crippen MR) is 17.9 cm³/mol. The van der Waals surface area contributed by atoms with Crippen LogP contribution in [-0.4, -0.2) is 10.3 Å². The molecule has 0 fully saturated rings. The standard InChI is InChI=1S/Ag.NO3.HNO2/c;2-1(3)4;2-1-3/h;;(H,2,3)/q+1;-1;. The van der Waals surface area contributed by atoms with Crippen molar-refractivity contribution in [2.45, 2.75) is 0 Å². The van der Waals surface area contributed by atoms with Crippen LogP contribution in [0.15, 0.2) is 5.34 Å². The fourth-order valence-electron chi connectivity index (χ4n) is 0. The number of rotatable bonds is 0. The molecule has 0 aliphatic rings. The van der Waals surface area contributed by atoms with Crippen molar-refractivity contribution in [3.8, 4) is 0 Å². The van der Waals surface area contributed by atoms with Crippen LogP contribution in [0, 0.1) is 20.2 Å². The first kappa shape index (κ1) is 15.7. The van der Waals surface area contributed by atoms with E-state index in [1.54, 1.807) is 0 Å². The quantitative estimate of drug-likeness (QED) is 0.263. The van der Waals surface area contributed by atoms with E-state index in [1.165, 1.54) is 5.34 Å². The van der Waals surface area contributed by atoms with Crippen LogP contribution in [-0.2, 0) is 22.4 Å². The van der Waals surface area contributed by atoms with Gasteiger partial charge in [-0.05, 0) is 0 Å². The Balaban J connectivity index is -0.0000000575. The van der Waals surface area contributed by atoms with Gasteiger partial charge in [-0.2, -0.15) is 0 Å². The third kappa shape index (κ3) is 231. The van der Waals surface area contributed by atoms with Gasteiger partial charge in [-0.25, -0.2) is 0 Å². The Morgan fingerprint density at radius 3 is 1.50 bits per heavy atom. The van der Waals surface area contributed by atoms with Crippen molar-refractivity contribution in [1.82, 2.24) is 0 Å². The minimum atomic E-state index is -1.75. The van der Waals surface area contributed by atoms with E-state index in [-0.39, 0.29) is 22.4 Å². The van der Waals surface area contributed by atoms with Gasteiger partial charge in [-0.15, -0.1) is 4.91 Å². The molecule has 8 heavy (non-hydrogen) atoms. The maximum atomic E-state index is 8.25. The topological polar surface area (TPSA) is 116 Å². The van der Waals surface area contributed by atoms with Crippen molar-refractivity contribution in [2.75, 3.05) is 0 Å². The summed E-state index contributed by atoms with van der Waals surface area (Å²) >= 11 is 0. The molecule has 0 saturated carbocycles. The average molecular weight is 217 g/mol. The summed E-state index contributed by atoms with van der Waals surface area (Å²) in [6.07, 6.45) is 0. The molecule has 0 radical (unpaired) electrons. The smallest absolute Gasteiger partial charge is 0.379 e. The van der Waals surface area contributed by atoms with Gasteiger partial charge in [-0.3, -0.25) is 0 Å². The van der Waals surface area contributed by atoms with Gasteiger partial charge in [0.2, 0.25) is 0 Å². The number of hydrogen-bond acceptors (Lipinski definition) is 5. The predicted octanol–water partition coefficient (Wildman–Crippen LogP) is -0.0996. The van der Waals surface area contributed by atoms with Crippen molar-refractivity contribution in [3.63, 3.8) is 0 Å². The summed E-state index contributed by atoms with van der Waals surface area (Å²) in [6, 6.07) is 0. The van der Waals surface area contributed by atoms with Gasteiger partial charge in [0.1, 0.15) is 0 Å². The monoisotopic (exact) mass is 216 g/mol. The fraction of sp³-hybridized carbons (Fsp3) is 0. The molecule has 0 bridgehead atoms. The van der Waals surface area contributed by atoms with Crippen molar-refractivity contribution in [2.24, 2.45) is 5.34 Å². The summed E-state index contributed by atoms with van der Waals surface area (Å²) in [4.78, 5) is 16.4. The van der Waals surface area contributed by atoms with Crippen LogP contribution in [0.3, 0.4) is 0 Å². The van der Waals surface area contributed by atoms with Gasteiger partial charge in [0, 0.05) is 0 Å². The van der Waals surface area contributed by atoms with E-state index in [0.29, 0.717) is 0 Å². The van der Waals surface area contributed by atoms with Gasteiger partial charge < -0.3 is 20.5 Å². The van der Waals surface area contributed by atoms with Crippen molar-refractivity contribution in [1.29, 1.82) is 0 Å². The van der Waals surface area contributed by atoms with Crippen molar-refractivity contribution < 1.29 is 32.7 Å². The molecule has 0 aromatic carbocycles. The Labute approximate surface area is 58.9 Å². The molecule has 0 unspecified atom stereocenters. The average Bonchev–Trinajstić information content (AvgIpc) is 1.33. The summed E-state index contributed by atoms with van der Waals surface area (Å²) in [7, 11) is 0. The molecule has 0 heterocycles. The van der Waals surface area contributed by atoms with E-state index in [0.717, 1.165) is 0 Å².